The molecule has 2 rings (SSSR count). The van der Waals surface area contributed by atoms with Gasteiger partial charge in [0, 0.05) is 25.3 Å². The van der Waals surface area contributed by atoms with Gasteiger partial charge in [-0.2, -0.15) is 10.4 Å². The van der Waals surface area contributed by atoms with Gasteiger partial charge in [0.2, 0.25) is 11.8 Å². The van der Waals surface area contributed by atoms with Gasteiger partial charge in [-0.1, -0.05) is 101 Å². The number of H-pyrrole nitrogens is 2. The number of carboxylic acid groups (broad SMARTS) is 1. The van der Waals surface area contributed by atoms with Gasteiger partial charge in [0.25, 0.3) is 0 Å². The SMILES string of the molecule is CC(=O)[C@@H](C)CCCCNC(=O)CCC(NC(=O)CCCCCCCCCCCCCCCC(c1nn[nH]n1)c1nn[nH]n1)C(=O)O. The number of Topliss-reactive ketones (excluding diaryl/α,β-unsaturated/α-hetero) is 1. The number of aromatic nitrogens is 8. The molecule has 0 aliphatic carbocycles. The van der Waals surface area contributed by atoms with Crippen LogP contribution in [0.5, 0.6) is 0 Å². The quantitative estimate of drug-likeness (QED) is 0.0761. The second-order valence-electron chi connectivity index (χ2n) is 12.6. The molecule has 0 spiro atoms. The molecular weight excluding hydrogens is 604 g/mol. The largest absolute Gasteiger partial charge is 0.480 e. The van der Waals surface area contributed by atoms with E-state index in [1.54, 1.807) is 6.92 Å². The summed E-state index contributed by atoms with van der Waals surface area (Å²) in [5, 5.41) is 43.4. The van der Waals surface area contributed by atoms with Crippen molar-refractivity contribution in [1.82, 2.24) is 51.9 Å². The number of carbonyl (C=O) groups excluding carboxylic acids is 3. The molecule has 0 fully saturated rings. The molecule has 1 unspecified atom stereocenters. The van der Waals surface area contributed by atoms with Crippen LogP contribution < -0.4 is 10.6 Å². The molecule has 0 saturated heterocycles. The van der Waals surface area contributed by atoms with Gasteiger partial charge in [0.1, 0.15) is 11.8 Å². The molecule has 0 aliphatic heterocycles. The van der Waals surface area contributed by atoms with Crippen LogP contribution in [0.3, 0.4) is 0 Å². The van der Waals surface area contributed by atoms with Gasteiger partial charge >= 0.3 is 5.97 Å². The van der Waals surface area contributed by atoms with E-state index in [1.165, 1.54) is 44.9 Å². The minimum atomic E-state index is -1.13. The van der Waals surface area contributed by atoms with Gasteiger partial charge < -0.3 is 15.7 Å². The van der Waals surface area contributed by atoms with Crippen molar-refractivity contribution in [3.63, 3.8) is 0 Å². The molecule has 2 heterocycles. The number of hydrogen-bond acceptors (Lipinski definition) is 10. The molecule has 0 aliphatic rings. The minimum Gasteiger partial charge on any atom is -0.480 e. The maximum absolute atomic E-state index is 12.3. The summed E-state index contributed by atoms with van der Waals surface area (Å²) in [7, 11) is 0. The van der Waals surface area contributed by atoms with Crippen LogP contribution in [0.1, 0.15) is 160 Å². The van der Waals surface area contributed by atoms with Crippen LogP contribution >= 0.6 is 0 Å². The summed E-state index contributed by atoms with van der Waals surface area (Å²) < 4.78 is 0. The number of carboxylic acids is 1. The molecule has 264 valence electrons. The highest BCUT2D eigenvalue weighted by molar-refractivity contribution is 5.84. The Labute approximate surface area is 278 Å². The molecule has 0 bridgehead atoms. The van der Waals surface area contributed by atoms with Crippen molar-refractivity contribution < 1.29 is 24.3 Å². The maximum atomic E-state index is 12.3. The van der Waals surface area contributed by atoms with E-state index in [1.807, 2.05) is 6.92 Å². The van der Waals surface area contributed by atoms with Gasteiger partial charge in [-0.05, 0) is 39.0 Å². The number of rotatable bonds is 29. The van der Waals surface area contributed by atoms with Crippen molar-refractivity contribution in [2.45, 2.75) is 154 Å². The highest BCUT2D eigenvalue weighted by atomic mass is 16.4. The highest BCUT2D eigenvalue weighted by Gasteiger charge is 2.23. The van der Waals surface area contributed by atoms with Crippen molar-refractivity contribution in [2.24, 2.45) is 5.92 Å². The lowest BCUT2D eigenvalue weighted by Gasteiger charge is -2.14. The molecule has 0 aromatic carbocycles. The molecule has 2 aromatic heterocycles. The molecule has 47 heavy (non-hydrogen) atoms. The fraction of sp³-hybridized carbons (Fsp3) is 0.812. The van der Waals surface area contributed by atoms with Crippen LogP contribution in [-0.4, -0.2) is 82.5 Å². The first kappa shape index (κ1) is 39.4. The summed E-state index contributed by atoms with van der Waals surface area (Å²) in [4.78, 5) is 47.2. The van der Waals surface area contributed by atoms with Gasteiger partial charge in [0.05, 0.1) is 5.92 Å². The molecule has 15 heteroatoms. The van der Waals surface area contributed by atoms with Crippen molar-refractivity contribution in [3.8, 4) is 0 Å². The van der Waals surface area contributed by atoms with Gasteiger partial charge in [-0.3, -0.25) is 14.4 Å². The topological polar surface area (TPSA) is 221 Å². The minimum absolute atomic E-state index is 0.0286. The predicted octanol–water partition coefficient (Wildman–Crippen LogP) is 4.56. The van der Waals surface area contributed by atoms with E-state index in [4.69, 9.17) is 0 Å². The van der Waals surface area contributed by atoms with Crippen LogP contribution in [0.25, 0.3) is 0 Å². The number of carbonyl (C=O) groups is 4. The Morgan fingerprint density at radius 3 is 1.66 bits per heavy atom. The van der Waals surface area contributed by atoms with Gasteiger partial charge in [-0.15, -0.1) is 20.4 Å². The Hall–Kier alpha value is -3.78. The third-order valence-electron chi connectivity index (χ3n) is 8.62. The number of nitrogens with one attached hydrogen (secondary N) is 4. The molecule has 2 amide bonds. The molecule has 0 radical (unpaired) electrons. The molecular formula is C32H56N10O5. The highest BCUT2D eigenvalue weighted by Crippen LogP contribution is 2.24. The zero-order valence-corrected chi connectivity index (χ0v) is 28.3. The van der Waals surface area contributed by atoms with E-state index in [9.17, 15) is 24.3 Å². The number of unbranched alkanes of at least 4 members (excludes halogenated alkanes) is 13. The molecule has 0 saturated carbocycles. The summed E-state index contributed by atoms with van der Waals surface area (Å²) >= 11 is 0. The second kappa shape index (κ2) is 24.4. The number of aliphatic carboxylic acids is 1. The Kier molecular flexibility index (Phi) is 20.5. The molecule has 2 atom stereocenters. The number of tetrazole rings is 2. The number of amides is 2. The zero-order chi connectivity index (χ0) is 34.1. The summed E-state index contributed by atoms with van der Waals surface area (Å²) in [6.45, 7) is 3.97. The van der Waals surface area contributed by atoms with E-state index in [-0.39, 0.29) is 42.3 Å². The van der Waals surface area contributed by atoms with Crippen LogP contribution in [0.15, 0.2) is 0 Å². The number of ketones is 1. The number of aromatic amines is 2. The first-order valence-corrected chi connectivity index (χ1v) is 17.5. The van der Waals surface area contributed by atoms with Gasteiger partial charge in [-0.25, -0.2) is 4.79 Å². The van der Waals surface area contributed by atoms with E-state index < -0.39 is 12.0 Å². The standard InChI is InChI=1S/C32H56N10O5/c1-24(25(2)43)18-16-17-23-33-28(44)22-21-27(32(46)47)34-29(45)20-15-13-11-9-7-5-3-4-6-8-10-12-14-19-26(30-35-39-40-36-30)31-37-41-42-38-31/h24,26-27H,3-23H2,1-2H3,(H,33,44)(H,34,45)(H,46,47)(H,35,36,39,40)(H,37,38,41,42)/t24-,27?/m0/s1. The van der Waals surface area contributed by atoms with Crippen LogP contribution in [0, 0.1) is 5.92 Å². The van der Waals surface area contributed by atoms with E-state index in [2.05, 4.69) is 51.9 Å². The second-order valence-corrected chi connectivity index (χ2v) is 12.6. The monoisotopic (exact) mass is 660 g/mol. The third-order valence-corrected chi connectivity index (χ3v) is 8.62. The lowest BCUT2D eigenvalue weighted by atomic mass is 9.98. The zero-order valence-electron chi connectivity index (χ0n) is 28.3. The Bertz CT molecular complexity index is 1100. The summed E-state index contributed by atoms with van der Waals surface area (Å²) in [5.74, 6) is -0.351. The van der Waals surface area contributed by atoms with Crippen molar-refractivity contribution >= 4 is 23.6 Å². The third kappa shape index (κ3) is 18.2. The Morgan fingerprint density at radius 1 is 0.660 bits per heavy atom. The van der Waals surface area contributed by atoms with E-state index in [0.29, 0.717) is 24.6 Å². The summed E-state index contributed by atoms with van der Waals surface area (Å²) in [5.41, 5.74) is 0. The van der Waals surface area contributed by atoms with Crippen molar-refractivity contribution in [1.29, 1.82) is 0 Å². The molecule has 15 nitrogen and oxygen atoms in total. The van der Waals surface area contributed by atoms with Crippen molar-refractivity contribution in [3.05, 3.63) is 11.6 Å². The molecule has 2 aromatic rings. The average molecular weight is 661 g/mol. The molecule has 5 N–H and O–H groups in total. The Balaban J connectivity index is 1.39. The van der Waals surface area contributed by atoms with Crippen LogP contribution in [-0.2, 0) is 19.2 Å². The van der Waals surface area contributed by atoms with Gasteiger partial charge in [0.15, 0.2) is 11.6 Å². The Morgan fingerprint density at radius 2 is 1.17 bits per heavy atom. The summed E-state index contributed by atoms with van der Waals surface area (Å²) in [6.07, 6.45) is 18.3. The van der Waals surface area contributed by atoms with Crippen LogP contribution in [0.2, 0.25) is 0 Å². The first-order valence-electron chi connectivity index (χ1n) is 17.5. The van der Waals surface area contributed by atoms with Crippen LogP contribution in [0.4, 0.5) is 0 Å². The number of nitrogens with zero attached hydrogens (tertiary/aromatic N) is 6. The predicted molar refractivity (Wildman–Crippen MR) is 175 cm³/mol. The average Bonchev–Trinajstić information content (AvgIpc) is 3.78. The van der Waals surface area contributed by atoms with Crippen molar-refractivity contribution in [2.75, 3.05) is 6.54 Å². The van der Waals surface area contributed by atoms with E-state index >= 15 is 0 Å². The lowest BCUT2D eigenvalue weighted by Crippen LogP contribution is -2.41. The fourth-order valence-electron chi connectivity index (χ4n) is 5.48. The van der Waals surface area contributed by atoms with E-state index in [0.717, 1.165) is 64.2 Å². The summed E-state index contributed by atoms with van der Waals surface area (Å²) in [6, 6.07) is -1.07. The smallest absolute Gasteiger partial charge is 0.326 e. The first-order chi connectivity index (χ1) is 22.8. The normalized spacial score (nSPS) is 12.6. The maximum Gasteiger partial charge on any atom is 0.326 e. The lowest BCUT2D eigenvalue weighted by molar-refractivity contribution is -0.142. The number of hydrogen-bond donors (Lipinski definition) is 5. The fourth-order valence-corrected chi connectivity index (χ4v) is 5.48.